The van der Waals surface area contributed by atoms with Crippen molar-refractivity contribution in [2.24, 2.45) is 0 Å². The van der Waals surface area contributed by atoms with E-state index in [1.807, 2.05) is 0 Å². The van der Waals surface area contributed by atoms with Crippen LogP contribution in [0, 0.1) is 0 Å². The lowest BCUT2D eigenvalue weighted by molar-refractivity contribution is -0.119. The maximum Gasteiger partial charge on any atom is 0.335 e. The predicted octanol–water partition coefficient (Wildman–Crippen LogP) is 0.0725. The fourth-order valence-electron chi connectivity index (χ4n) is 1.89. The zero-order chi connectivity index (χ0) is 14.5. The second kappa shape index (κ2) is 6.05. The summed E-state index contributed by atoms with van der Waals surface area (Å²) in [5, 5.41) is 16.7. The molecule has 1 aliphatic rings. The van der Waals surface area contributed by atoms with Gasteiger partial charge in [0.05, 0.1) is 11.6 Å². The first-order valence-electron chi connectivity index (χ1n) is 6.18. The number of hydrogen-bond acceptors (Lipinski definition) is 3. The van der Waals surface area contributed by atoms with Crippen molar-refractivity contribution in [3.63, 3.8) is 0 Å². The van der Waals surface area contributed by atoms with Crippen molar-refractivity contribution in [2.45, 2.75) is 19.0 Å². The van der Waals surface area contributed by atoms with Crippen molar-refractivity contribution < 1.29 is 19.5 Å². The van der Waals surface area contributed by atoms with Crippen LogP contribution in [0.1, 0.15) is 22.3 Å². The summed E-state index contributed by atoms with van der Waals surface area (Å²) in [5.41, 5.74) is 1.000. The highest BCUT2D eigenvalue weighted by atomic mass is 16.4. The first kappa shape index (κ1) is 13.9. The molecular weight excluding hydrogens is 262 g/mol. The topological polar surface area (TPSA) is 108 Å². The van der Waals surface area contributed by atoms with Crippen LogP contribution in [0.15, 0.2) is 24.3 Å². The Labute approximate surface area is 115 Å². The zero-order valence-electron chi connectivity index (χ0n) is 10.7. The Kier molecular flexibility index (Phi) is 4.19. The third kappa shape index (κ3) is 3.71. The van der Waals surface area contributed by atoms with Crippen LogP contribution >= 0.6 is 0 Å². The molecule has 0 bridgehead atoms. The Balaban J connectivity index is 1.78. The van der Waals surface area contributed by atoms with E-state index in [-0.39, 0.29) is 23.5 Å². The quantitative estimate of drug-likeness (QED) is 0.624. The zero-order valence-corrected chi connectivity index (χ0v) is 10.7. The number of carboxylic acid groups (broad SMARTS) is 1. The highest BCUT2D eigenvalue weighted by Crippen LogP contribution is 2.04. The average Bonchev–Trinajstić information content (AvgIpc) is 2.82. The highest BCUT2D eigenvalue weighted by molar-refractivity contribution is 5.87. The fraction of sp³-hybridized carbons (Fsp3) is 0.308. The van der Waals surface area contributed by atoms with Crippen LogP contribution in [0.2, 0.25) is 0 Å². The maximum absolute atomic E-state index is 11.6. The smallest absolute Gasteiger partial charge is 0.335 e. The number of benzene rings is 1. The number of hydrogen-bond donors (Lipinski definition) is 4. The summed E-state index contributed by atoms with van der Waals surface area (Å²) < 4.78 is 0. The van der Waals surface area contributed by atoms with Crippen LogP contribution in [0.4, 0.5) is 4.79 Å². The monoisotopic (exact) mass is 277 g/mol. The molecular formula is C13H15N3O4. The molecule has 1 aromatic rings. The molecule has 106 valence electrons. The van der Waals surface area contributed by atoms with E-state index in [2.05, 4.69) is 16.0 Å². The number of carbonyl (C=O) groups excluding carboxylic acids is 2. The minimum atomic E-state index is -0.986. The molecule has 2 rings (SSSR count). The summed E-state index contributed by atoms with van der Waals surface area (Å²) in [7, 11) is 0. The second-order valence-corrected chi connectivity index (χ2v) is 4.53. The average molecular weight is 277 g/mol. The number of urea groups is 1. The van der Waals surface area contributed by atoms with Crippen LogP contribution in [-0.2, 0) is 11.3 Å². The molecule has 1 unspecified atom stereocenters. The molecule has 1 atom stereocenters. The number of amides is 3. The lowest BCUT2D eigenvalue weighted by atomic mass is 10.1. The SMILES string of the molecule is O=C1CC(NC(=O)NCc2ccc(C(=O)O)cc2)CN1. The molecule has 0 spiro atoms. The Hall–Kier alpha value is -2.57. The van der Waals surface area contributed by atoms with Crippen molar-refractivity contribution in [1.29, 1.82) is 0 Å². The molecule has 1 fully saturated rings. The van der Waals surface area contributed by atoms with Gasteiger partial charge < -0.3 is 21.1 Å². The van der Waals surface area contributed by atoms with Crippen LogP contribution in [0.5, 0.6) is 0 Å². The molecule has 1 aromatic carbocycles. The van der Waals surface area contributed by atoms with Crippen molar-refractivity contribution in [1.82, 2.24) is 16.0 Å². The number of carboxylic acids is 1. The van der Waals surface area contributed by atoms with Crippen molar-refractivity contribution in [2.75, 3.05) is 6.54 Å². The molecule has 0 aliphatic carbocycles. The van der Waals surface area contributed by atoms with E-state index in [0.29, 0.717) is 19.5 Å². The normalized spacial score (nSPS) is 17.4. The third-order valence-electron chi connectivity index (χ3n) is 2.97. The number of aromatic carboxylic acids is 1. The molecule has 0 aromatic heterocycles. The Morgan fingerprint density at radius 1 is 1.30 bits per heavy atom. The molecule has 0 saturated carbocycles. The van der Waals surface area contributed by atoms with Crippen molar-refractivity contribution in [3.05, 3.63) is 35.4 Å². The van der Waals surface area contributed by atoms with Crippen molar-refractivity contribution in [3.8, 4) is 0 Å². The molecule has 7 heteroatoms. The van der Waals surface area contributed by atoms with Gasteiger partial charge >= 0.3 is 12.0 Å². The van der Waals surface area contributed by atoms with Crippen LogP contribution < -0.4 is 16.0 Å². The summed E-state index contributed by atoms with van der Waals surface area (Å²) in [6.45, 7) is 0.736. The van der Waals surface area contributed by atoms with Gasteiger partial charge in [0.15, 0.2) is 0 Å². The van der Waals surface area contributed by atoms with E-state index >= 15 is 0 Å². The maximum atomic E-state index is 11.6. The minimum absolute atomic E-state index is 0.0699. The van der Waals surface area contributed by atoms with E-state index < -0.39 is 5.97 Å². The highest BCUT2D eigenvalue weighted by Gasteiger charge is 2.22. The Morgan fingerprint density at radius 2 is 2.00 bits per heavy atom. The van der Waals surface area contributed by atoms with Crippen LogP contribution in [-0.4, -0.2) is 35.6 Å². The third-order valence-corrected chi connectivity index (χ3v) is 2.97. The molecule has 4 N–H and O–H groups in total. The number of rotatable bonds is 4. The molecule has 1 heterocycles. The minimum Gasteiger partial charge on any atom is -0.478 e. The Morgan fingerprint density at radius 3 is 2.55 bits per heavy atom. The lowest BCUT2D eigenvalue weighted by Gasteiger charge is -2.11. The molecule has 1 aliphatic heterocycles. The van der Waals surface area contributed by atoms with E-state index in [9.17, 15) is 14.4 Å². The van der Waals surface area contributed by atoms with Crippen molar-refractivity contribution >= 4 is 17.9 Å². The first-order valence-corrected chi connectivity index (χ1v) is 6.18. The van der Waals surface area contributed by atoms with E-state index in [1.165, 1.54) is 12.1 Å². The molecule has 20 heavy (non-hydrogen) atoms. The van der Waals surface area contributed by atoms with E-state index in [4.69, 9.17) is 5.11 Å². The van der Waals surface area contributed by atoms with Gasteiger partial charge in [0.25, 0.3) is 0 Å². The molecule has 0 radical (unpaired) electrons. The van der Waals surface area contributed by atoms with E-state index in [1.54, 1.807) is 12.1 Å². The second-order valence-electron chi connectivity index (χ2n) is 4.53. The van der Waals surface area contributed by atoms with Gasteiger partial charge in [0.1, 0.15) is 0 Å². The van der Waals surface area contributed by atoms with Gasteiger partial charge in [-0.25, -0.2) is 9.59 Å². The number of carbonyl (C=O) groups is 3. The summed E-state index contributed by atoms with van der Waals surface area (Å²) >= 11 is 0. The van der Waals surface area contributed by atoms with E-state index in [0.717, 1.165) is 5.56 Å². The van der Waals surface area contributed by atoms with Gasteiger partial charge in [-0.1, -0.05) is 12.1 Å². The first-order chi connectivity index (χ1) is 9.54. The predicted molar refractivity (Wildman–Crippen MR) is 70.2 cm³/mol. The van der Waals surface area contributed by atoms with Gasteiger partial charge in [0, 0.05) is 19.5 Å². The van der Waals surface area contributed by atoms with Crippen LogP contribution in [0.3, 0.4) is 0 Å². The summed E-state index contributed by atoms with van der Waals surface area (Å²) in [4.78, 5) is 33.3. The molecule has 3 amide bonds. The van der Waals surface area contributed by atoms with Gasteiger partial charge in [-0.05, 0) is 17.7 Å². The van der Waals surface area contributed by atoms with Crippen LogP contribution in [0.25, 0.3) is 0 Å². The standard InChI is InChI=1S/C13H15N3O4/c17-11-5-10(7-14-11)16-13(20)15-6-8-1-3-9(4-2-8)12(18)19/h1-4,10H,5-7H2,(H,14,17)(H,18,19)(H2,15,16,20). The van der Waals surface area contributed by atoms with Gasteiger partial charge in [-0.15, -0.1) is 0 Å². The molecule has 1 saturated heterocycles. The fourth-order valence-corrected chi connectivity index (χ4v) is 1.89. The van der Waals surface area contributed by atoms with Gasteiger partial charge in [-0.2, -0.15) is 0 Å². The lowest BCUT2D eigenvalue weighted by Crippen LogP contribution is -2.42. The van der Waals surface area contributed by atoms with Gasteiger partial charge in [-0.3, -0.25) is 4.79 Å². The Bertz CT molecular complexity index is 527. The summed E-state index contributed by atoms with van der Waals surface area (Å²) in [6.07, 6.45) is 0.292. The van der Waals surface area contributed by atoms with Gasteiger partial charge in [0.2, 0.25) is 5.91 Å². The number of nitrogens with one attached hydrogen (secondary N) is 3. The largest absolute Gasteiger partial charge is 0.478 e. The molecule has 7 nitrogen and oxygen atoms in total. The summed E-state index contributed by atoms with van der Waals surface area (Å²) in [6, 6.07) is 5.72. The summed E-state index contributed by atoms with van der Waals surface area (Å²) in [5.74, 6) is -1.06.